The van der Waals surface area contributed by atoms with Crippen LogP contribution in [-0.2, 0) is 10.1 Å². The zero-order chi connectivity index (χ0) is 11.7. The quantitative estimate of drug-likeness (QED) is 0.373. The number of hydrogen-bond acceptors (Lipinski definition) is 3. The molecule has 0 bridgehead atoms. The monoisotopic (exact) mass is 262 g/mol. The summed E-state index contributed by atoms with van der Waals surface area (Å²) in [7, 11) is -3.92. The number of hydrogen-bond donors (Lipinski definition) is 2. The molecule has 16 heavy (non-hydrogen) atoms. The van der Waals surface area contributed by atoms with E-state index in [1.165, 1.54) is 19.3 Å². The molecular weight excluding hydrogens is 239 g/mol. The second-order valence-electron chi connectivity index (χ2n) is 3.93. The van der Waals surface area contributed by atoms with E-state index >= 15 is 0 Å². The van der Waals surface area contributed by atoms with Crippen molar-refractivity contribution in [2.45, 2.75) is 58.0 Å². The first-order valence-electron chi connectivity index (χ1n) is 5.59. The third-order valence-corrected chi connectivity index (χ3v) is 3.10. The number of unbranched alkanes of at least 4 members (excludes halogenated alkanes) is 4. The Hall–Kier alpha value is 0.870. The molecule has 0 aliphatic carbocycles. The summed E-state index contributed by atoms with van der Waals surface area (Å²) >= 11 is 0. The number of rotatable bonds is 9. The predicted octanol–water partition coefficient (Wildman–Crippen LogP) is 1.34. The summed E-state index contributed by atoms with van der Waals surface area (Å²) in [5, 5.41) is 9.39. The number of aliphatic hydroxyl groups is 1. The Morgan fingerprint density at radius 1 is 1.06 bits per heavy atom. The molecule has 1 unspecified atom stereocenters. The van der Waals surface area contributed by atoms with E-state index < -0.39 is 16.2 Å². The van der Waals surface area contributed by atoms with Crippen molar-refractivity contribution in [3.63, 3.8) is 0 Å². The van der Waals surface area contributed by atoms with Crippen molar-refractivity contribution in [1.82, 2.24) is 0 Å². The summed E-state index contributed by atoms with van der Waals surface area (Å²) < 4.78 is 29.3. The van der Waals surface area contributed by atoms with Crippen molar-refractivity contribution in [1.29, 1.82) is 0 Å². The Morgan fingerprint density at radius 2 is 1.62 bits per heavy atom. The van der Waals surface area contributed by atoms with Crippen LogP contribution in [0.1, 0.15) is 51.9 Å². The second-order valence-corrected chi connectivity index (χ2v) is 5.50. The zero-order valence-electron chi connectivity index (χ0n) is 9.35. The van der Waals surface area contributed by atoms with E-state index in [1.54, 1.807) is 0 Å². The van der Waals surface area contributed by atoms with E-state index in [4.69, 9.17) is 4.55 Å². The SMILES string of the molecule is CCCCCCCC(O)CCS(=O)(=O)O.[NaH]. The molecule has 0 aromatic rings. The van der Waals surface area contributed by atoms with Gasteiger partial charge in [-0.25, -0.2) is 0 Å². The van der Waals surface area contributed by atoms with E-state index in [1.807, 2.05) is 0 Å². The van der Waals surface area contributed by atoms with E-state index in [9.17, 15) is 13.5 Å². The van der Waals surface area contributed by atoms with E-state index in [-0.39, 0.29) is 41.7 Å². The number of aliphatic hydroxyl groups excluding tert-OH is 1. The molecule has 0 aliphatic rings. The van der Waals surface area contributed by atoms with Crippen LogP contribution >= 0.6 is 0 Å². The third kappa shape index (κ3) is 14.9. The van der Waals surface area contributed by atoms with Crippen molar-refractivity contribution in [2.75, 3.05) is 5.75 Å². The Bertz CT molecular complexity index is 241. The molecule has 0 aliphatic heterocycles. The zero-order valence-corrected chi connectivity index (χ0v) is 10.2. The van der Waals surface area contributed by atoms with E-state index in [2.05, 4.69) is 6.92 Å². The molecule has 2 N–H and O–H groups in total. The molecule has 4 nitrogen and oxygen atoms in total. The van der Waals surface area contributed by atoms with Gasteiger partial charge in [-0.05, 0) is 12.8 Å². The minimum atomic E-state index is -3.92. The molecule has 0 heterocycles. The summed E-state index contributed by atoms with van der Waals surface area (Å²) in [6.07, 6.45) is 5.72. The van der Waals surface area contributed by atoms with Crippen LogP contribution in [0.5, 0.6) is 0 Å². The average molecular weight is 262 g/mol. The maximum atomic E-state index is 10.4. The second kappa shape index (κ2) is 11.0. The summed E-state index contributed by atoms with van der Waals surface area (Å²) in [5.74, 6) is -0.344. The van der Waals surface area contributed by atoms with E-state index in [0.29, 0.717) is 6.42 Å². The molecule has 0 saturated heterocycles. The first-order valence-corrected chi connectivity index (χ1v) is 7.20. The summed E-state index contributed by atoms with van der Waals surface area (Å²) in [5.41, 5.74) is 0. The van der Waals surface area contributed by atoms with Crippen LogP contribution in [0, 0.1) is 0 Å². The molecule has 94 valence electrons. The Balaban J connectivity index is 0. The summed E-state index contributed by atoms with van der Waals surface area (Å²) in [6.45, 7) is 2.14. The maximum absolute atomic E-state index is 10.4. The molecule has 1 atom stereocenters. The van der Waals surface area contributed by atoms with Crippen molar-refractivity contribution in [3.05, 3.63) is 0 Å². The molecule has 0 spiro atoms. The van der Waals surface area contributed by atoms with Gasteiger partial charge >= 0.3 is 29.6 Å². The van der Waals surface area contributed by atoms with Crippen LogP contribution in [0.3, 0.4) is 0 Å². The molecule has 0 aromatic carbocycles. The molecule has 0 rings (SSSR count). The Kier molecular flexibility index (Phi) is 13.2. The van der Waals surface area contributed by atoms with Crippen LogP contribution < -0.4 is 0 Å². The molecule has 6 heteroatoms. The van der Waals surface area contributed by atoms with Gasteiger partial charge < -0.3 is 5.11 Å². The van der Waals surface area contributed by atoms with Gasteiger partial charge in [-0.3, -0.25) is 4.55 Å². The third-order valence-electron chi connectivity index (χ3n) is 2.35. The van der Waals surface area contributed by atoms with Crippen molar-refractivity contribution >= 4 is 39.7 Å². The van der Waals surface area contributed by atoms with Crippen molar-refractivity contribution in [2.24, 2.45) is 0 Å². The Morgan fingerprint density at radius 3 is 2.12 bits per heavy atom. The summed E-state index contributed by atoms with van der Waals surface area (Å²) in [4.78, 5) is 0. The van der Waals surface area contributed by atoms with E-state index in [0.717, 1.165) is 12.8 Å². The van der Waals surface area contributed by atoms with Gasteiger partial charge in [-0.15, -0.1) is 0 Å². The standard InChI is InChI=1S/C10H22O4S.Na.H/c1-2-3-4-5-6-7-10(11)8-9-15(12,13)14;;/h10-11H,2-9H2,1H3,(H,12,13,14);;. The molecule has 0 saturated carbocycles. The van der Waals surface area contributed by atoms with Crippen molar-refractivity contribution in [3.8, 4) is 0 Å². The van der Waals surface area contributed by atoms with Crippen LogP contribution in [-0.4, -0.2) is 59.5 Å². The van der Waals surface area contributed by atoms with Gasteiger partial charge in [0.1, 0.15) is 0 Å². The van der Waals surface area contributed by atoms with Gasteiger partial charge in [0.05, 0.1) is 11.9 Å². The van der Waals surface area contributed by atoms with Gasteiger partial charge in [0.25, 0.3) is 10.1 Å². The average Bonchev–Trinajstić information content (AvgIpc) is 2.13. The van der Waals surface area contributed by atoms with Gasteiger partial charge in [0.15, 0.2) is 0 Å². The van der Waals surface area contributed by atoms with Crippen molar-refractivity contribution < 1.29 is 18.1 Å². The van der Waals surface area contributed by atoms with Gasteiger partial charge in [-0.1, -0.05) is 39.0 Å². The van der Waals surface area contributed by atoms with Gasteiger partial charge in [0, 0.05) is 0 Å². The predicted molar refractivity (Wildman–Crippen MR) is 67.6 cm³/mol. The Labute approximate surface area is 121 Å². The first-order chi connectivity index (χ1) is 6.95. The fraction of sp³-hybridized carbons (Fsp3) is 1.00. The van der Waals surface area contributed by atoms with Crippen LogP contribution in [0.25, 0.3) is 0 Å². The van der Waals surface area contributed by atoms with Gasteiger partial charge in [-0.2, -0.15) is 8.42 Å². The molecule has 0 fully saturated rings. The molecule has 0 amide bonds. The molecular formula is C10H23NaO4S. The molecule has 0 aromatic heterocycles. The minimum absolute atomic E-state index is 0. The van der Waals surface area contributed by atoms with Gasteiger partial charge in [0.2, 0.25) is 0 Å². The van der Waals surface area contributed by atoms with Crippen LogP contribution in [0.2, 0.25) is 0 Å². The van der Waals surface area contributed by atoms with Crippen LogP contribution in [0.4, 0.5) is 0 Å². The topological polar surface area (TPSA) is 74.6 Å². The fourth-order valence-electron chi connectivity index (χ4n) is 1.41. The summed E-state index contributed by atoms with van der Waals surface area (Å²) in [6, 6.07) is 0. The first kappa shape index (κ1) is 19.2. The fourth-order valence-corrected chi connectivity index (χ4v) is 1.98. The molecule has 0 radical (unpaired) electrons. The normalized spacial score (nSPS) is 13.2. The van der Waals surface area contributed by atoms with Crippen LogP contribution in [0.15, 0.2) is 0 Å².